The number of nitrogens with two attached hydrogens (primary N) is 1. The molecule has 37 heavy (non-hydrogen) atoms. The Hall–Kier alpha value is -3.05. The van der Waals surface area contributed by atoms with Crippen molar-refractivity contribution in [1.82, 2.24) is 24.9 Å². The van der Waals surface area contributed by atoms with E-state index in [4.69, 9.17) is 20.2 Å². The minimum atomic E-state index is 0.199. The first-order valence-corrected chi connectivity index (χ1v) is 13.4. The lowest BCUT2D eigenvalue weighted by atomic mass is 10.1. The molecule has 0 bridgehead atoms. The van der Waals surface area contributed by atoms with Gasteiger partial charge in [-0.05, 0) is 101 Å². The van der Waals surface area contributed by atoms with Crippen LogP contribution in [0.4, 0.5) is 17.3 Å². The monoisotopic (exact) mass is 523 g/mol. The molecule has 0 saturated carbocycles. The van der Waals surface area contributed by atoms with E-state index in [1.807, 2.05) is 42.5 Å². The molecule has 1 aliphatic heterocycles. The molecule has 4 rings (SSSR count). The van der Waals surface area contributed by atoms with Crippen molar-refractivity contribution < 1.29 is 9.47 Å². The number of nitrogens with one attached hydrogen (secondary N) is 3. The van der Waals surface area contributed by atoms with Gasteiger partial charge in [0.2, 0.25) is 5.95 Å². The third kappa shape index (κ3) is 7.96. The molecule has 2 heterocycles. The molecular weight excluding hydrogens is 486 g/mol. The Kier molecular flexibility index (Phi) is 9.84. The van der Waals surface area contributed by atoms with E-state index in [1.165, 1.54) is 0 Å². The third-order valence-electron chi connectivity index (χ3n) is 6.03. The van der Waals surface area contributed by atoms with Gasteiger partial charge < -0.3 is 30.7 Å². The largest absolute Gasteiger partial charge is 0.495 e. The summed E-state index contributed by atoms with van der Waals surface area (Å²) in [5.41, 5.74) is 9.46. The van der Waals surface area contributed by atoms with Gasteiger partial charge in [0.15, 0.2) is 0 Å². The maximum absolute atomic E-state index is 6.33. The minimum Gasteiger partial charge on any atom is -0.495 e. The normalized spacial score (nSPS) is 14.1. The minimum absolute atomic E-state index is 0.199. The van der Waals surface area contributed by atoms with Gasteiger partial charge in [-0.2, -0.15) is 0 Å². The van der Waals surface area contributed by atoms with Crippen molar-refractivity contribution in [2.75, 3.05) is 58.4 Å². The summed E-state index contributed by atoms with van der Waals surface area (Å²) < 4.78 is 15.1. The molecule has 0 spiro atoms. The van der Waals surface area contributed by atoms with E-state index < -0.39 is 0 Å². The van der Waals surface area contributed by atoms with Crippen LogP contribution in [0.5, 0.6) is 11.5 Å². The van der Waals surface area contributed by atoms with E-state index in [9.17, 15) is 0 Å². The Bertz CT molecular complexity index is 1160. The molecule has 2 aromatic carbocycles. The summed E-state index contributed by atoms with van der Waals surface area (Å²) in [6, 6.07) is 13.7. The first-order valence-electron chi connectivity index (χ1n) is 12.6. The van der Waals surface area contributed by atoms with Crippen molar-refractivity contribution in [2.24, 2.45) is 0 Å². The molecule has 1 aromatic heterocycles. The van der Waals surface area contributed by atoms with Crippen LogP contribution in [0.15, 0.2) is 53.6 Å². The van der Waals surface area contributed by atoms with Crippen molar-refractivity contribution in [1.29, 1.82) is 0 Å². The fourth-order valence-corrected chi connectivity index (χ4v) is 4.82. The van der Waals surface area contributed by atoms with Crippen molar-refractivity contribution in [3.63, 3.8) is 0 Å². The van der Waals surface area contributed by atoms with Gasteiger partial charge in [-0.25, -0.2) is 9.97 Å². The van der Waals surface area contributed by atoms with Crippen molar-refractivity contribution in [3.8, 4) is 22.8 Å². The van der Waals surface area contributed by atoms with E-state index >= 15 is 0 Å². The molecule has 1 saturated heterocycles. The average Bonchev–Trinajstić information content (AvgIpc) is 2.91. The molecule has 5 N–H and O–H groups in total. The van der Waals surface area contributed by atoms with E-state index in [0.29, 0.717) is 11.6 Å². The number of hydrogen-bond acceptors (Lipinski definition) is 10. The highest BCUT2D eigenvalue weighted by Crippen LogP contribution is 2.32. The number of hydrogen-bond donors (Lipinski definition) is 4. The summed E-state index contributed by atoms with van der Waals surface area (Å²) in [5.74, 6) is 2.00. The van der Waals surface area contributed by atoms with Gasteiger partial charge in [-0.1, -0.05) is 0 Å². The van der Waals surface area contributed by atoms with Crippen LogP contribution >= 0.6 is 11.9 Å². The third-order valence-corrected chi connectivity index (χ3v) is 6.93. The SMILES string of the molecule is COc1cc(Nc2nccc(-c3ccc(OC4CCNCC4)c(N)c3)n2)ccc1SNCCCN(C)C. The number of anilines is 3. The predicted octanol–water partition coefficient (Wildman–Crippen LogP) is 4.16. The highest BCUT2D eigenvalue weighted by Gasteiger charge is 2.16. The molecule has 0 amide bonds. The molecular formula is C27H37N7O2S. The summed E-state index contributed by atoms with van der Waals surface area (Å²) in [5, 5.41) is 6.63. The van der Waals surface area contributed by atoms with Crippen molar-refractivity contribution >= 4 is 29.3 Å². The molecule has 1 aliphatic rings. The van der Waals surface area contributed by atoms with Crippen LogP contribution in [0.25, 0.3) is 11.3 Å². The highest BCUT2D eigenvalue weighted by atomic mass is 32.2. The van der Waals surface area contributed by atoms with Crippen LogP contribution < -0.4 is 30.6 Å². The van der Waals surface area contributed by atoms with Crippen LogP contribution in [0.1, 0.15) is 19.3 Å². The lowest BCUT2D eigenvalue weighted by Crippen LogP contribution is -2.34. The second-order valence-corrected chi connectivity index (χ2v) is 10.2. The molecule has 0 radical (unpaired) electrons. The van der Waals surface area contributed by atoms with Gasteiger partial charge in [0.25, 0.3) is 0 Å². The molecule has 3 aromatic rings. The van der Waals surface area contributed by atoms with Gasteiger partial charge in [0.05, 0.1) is 23.4 Å². The Labute approximate surface area is 223 Å². The van der Waals surface area contributed by atoms with E-state index in [0.717, 1.165) is 78.8 Å². The lowest BCUT2D eigenvalue weighted by Gasteiger charge is -2.24. The van der Waals surface area contributed by atoms with Gasteiger partial charge in [0, 0.05) is 30.1 Å². The summed E-state index contributed by atoms with van der Waals surface area (Å²) in [6.07, 6.45) is 4.99. The fourth-order valence-electron chi connectivity index (χ4n) is 4.04. The zero-order valence-corrected chi connectivity index (χ0v) is 22.6. The summed E-state index contributed by atoms with van der Waals surface area (Å²) in [4.78, 5) is 12.3. The number of benzene rings is 2. The number of nitrogen functional groups attached to an aromatic ring is 1. The van der Waals surface area contributed by atoms with Gasteiger partial charge in [-0.3, -0.25) is 4.72 Å². The zero-order chi connectivity index (χ0) is 26.0. The lowest BCUT2D eigenvalue weighted by molar-refractivity contribution is 0.163. The number of rotatable bonds is 12. The average molecular weight is 524 g/mol. The Balaban J connectivity index is 1.39. The number of aromatic nitrogens is 2. The van der Waals surface area contributed by atoms with Gasteiger partial charge in [-0.15, -0.1) is 0 Å². The molecule has 10 heteroatoms. The molecule has 198 valence electrons. The first-order chi connectivity index (χ1) is 18.0. The van der Waals surface area contributed by atoms with E-state index in [1.54, 1.807) is 25.3 Å². The summed E-state index contributed by atoms with van der Waals surface area (Å²) in [6.45, 7) is 3.92. The number of nitrogens with zero attached hydrogens (tertiary/aromatic N) is 3. The highest BCUT2D eigenvalue weighted by molar-refractivity contribution is 7.97. The maximum atomic E-state index is 6.33. The second-order valence-electron chi connectivity index (χ2n) is 9.23. The molecule has 1 fully saturated rings. The van der Waals surface area contributed by atoms with Crippen LogP contribution in [0, 0.1) is 0 Å². The Morgan fingerprint density at radius 3 is 2.70 bits per heavy atom. The van der Waals surface area contributed by atoms with Crippen LogP contribution in [0.2, 0.25) is 0 Å². The predicted molar refractivity (Wildman–Crippen MR) is 152 cm³/mol. The zero-order valence-electron chi connectivity index (χ0n) is 21.8. The molecule has 9 nitrogen and oxygen atoms in total. The van der Waals surface area contributed by atoms with Crippen LogP contribution in [-0.4, -0.2) is 68.4 Å². The van der Waals surface area contributed by atoms with Gasteiger partial charge in [0.1, 0.15) is 17.6 Å². The van der Waals surface area contributed by atoms with Crippen LogP contribution in [-0.2, 0) is 0 Å². The summed E-state index contributed by atoms with van der Waals surface area (Å²) in [7, 11) is 5.84. The number of piperidine rings is 1. The topological polar surface area (TPSA) is 110 Å². The first kappa shape index (κ1) is 27.0. The smallest absolute Gasteiger partial charge is 0.227 e. The van der Waals surface area contributed by atoms with Crippen molar-refractivity contribution in [2.45, 2.75) is 30.3 Å². The van der Waals surface area contributed by atoms with Crippen LogP contribution in [0.3, 0.4) is 0 Å². The van der Waals surface area contributed by atoms with E-state index in [-0.39, 0.29) is 6.10 Å². The summed E-state index contributed by atoms with van der Waals surface area (Å²) >= 11 is 1.57. The number of methoxy groups -OCH3 is 1. The molecule has 0 atom stereocenters. The molecule has 0 aliphatic carbocycles. The standard InChI is InChI=1S/C27H37N7O2S/c1-34(2)16-4-12-31-37-26-8-6-20(18-25(26)35-3)32-27-30-15-11-23(33-27)19-5-7-24(22(28)17-19)36-21-9-13-29-14-10-21/h5-8,11,15,17-18,21,29,31H,4,9-10,12-14,16,28H2,1-3H3,(H,30,32,33). The molecule has 0 unspecified atom stereocenters. The Morgan fingerprint density at radius 1 is 1.11 bits per heavy atom. The fraction of sp³-hybridized carbons (Fsp3) is 0.407. The Morgan fingerprint density at radius 2 is 1.95 bits per heavy atom. The quantitative estimate of drug-likeness (QED) is 0.157. The number of ether oxygens (including phenoxy) is 2. The second kappa shape index (κ2) is 13.5. The van der Waals surface area contributed by atoms with E-state index in [2.05, 4.69) is 39.3 Å². The van der Waals surface area contributed by atoms with Crippen molar-refractivity contribution in [3.05, 3.63) is 48.7 Å². The maximum Gasteiger partial charge on any atom is 0.227 e. The van der Waals surface area contributed by atoms with Gasteiger partial charge >= 0.3 is 0 Å².